The molecule has 4 aromatic rings. The molecule has 5 rings (SSSR count). The number of aromatic amines is 1. The zero-order chi connectivity index (χ0) is 23.7. The molecule has 1 aliphatic rings. The minimum Gasteiger partial charge on any atom is -0.493 e. The summed E-state index contributed by atoms with van der Waals surface area (Å²) >= 11 is 6.70. The maximum Gasteiger partial charge on any atom is 0.387 e. The second-order valence-electron chi connectivity index (χ2n) is 8.43. The van der Waals surface area contributed by atoms with Crippen LogP contribution in [0, 0.1) is 5.92 Å². The third-order valence-electron chi connectivity index (χ3n) is 6.04. The zero-order valence-corrected chi connectivity index (χ0v) is 19.1. The van der Waals surface area contributed by atoms with Crippen LogP contribution in [0.5, 0.6) is 11.5 Å². The van der Waals surface area contributed by atoms with Crippen molar-refractivity contribution in [2.45, 2.75) is 25.4 Å². The van der Waals surface area contributed by atoms with E-state index >= 15 is 0 Å². The molecule has 1 atom stereocenters. The number of alkyl halides is 2. The van der Waals surface area contributed by atoms with Crippen LogP contribution in [-0.4, -0.2) is 29.7 Å². The standard InChI is InChI=1S/C26H24ClF2N3O2/c27-23-19(18-3-1-2-4-22(18)34-26(28)29)11-12-21-24(23)32-25(31-21)20(13-30)16-7-9-17(10-8-16)33-14-15-5-6-15/h1-4,7-12,15,20,26H,5-6,13-14,30H2,(H,31,32). The van der Waals surface area contributed by atoms with Crippen LogP contribution >= 0.6 is 11.6 Å². The third kappa shape index (κ3) is 4.72. The van der Waals surface area contributed by atoms with Crippen LogP contribution in [0.1, 0.15) is 30.1 Å². The van der Waals surface area contributed by atoms with Gasteiger partial charge in [0.1, 0.15) is 22.8 Å². The number of rotatable bonds is 9. The number of ether oxygens (including phenoxy) is 2. The lowest BCUT2D eigenvalue weighted by Gasteiger charge is -2.13. The highest BCUT2D eigenvalue weighted by atomic mass is 35.5. The van der Waals surface area contributed by atoms with Crippen molar-refractivity contribution in [1.82, 2.24) is 9.97 Å². The number of halogens is 3. The Morgan fingerprint density at radius 2 is 1.79 bits per heavy atom. The predicted octanol–water partition coefficient (Wildman–Crippen LogP) is 6.36. The molecular formula is C26H24ClF2N3O2. The van der Waals surface area contributed by atoms with Crippen LogP contribution in [0.2, 0.25) is 5.02 Å². The van der Waals surface area contributed by atoms with Gasteiger partial charge in [0.05, 0.1) is 23.1 Å². The largest absolute Gasteiger partial charge is 0.493 e. The number of nitrogens with two attached hydrogens (primary N) is 1. The molecule has 0 aliphatic heterocycles. The Morgan fingerprint density at radius 1 is 1.03 bits per heavy atom. The molecule has 1 aliphatic carbocycles. The fourth-order valence-electron chi connectivity index (χ4n) is 4.02. The molecule has 0 bridgehead atoms. The highest BCUT2D eigenvalue weighted by Gasteiger charge is 2.23. The molecule has 1 saturated carbocycles. The molecule has 3 aromatic carbocycles. The van der Waals surface area contributed by atoms with Crippen molar-refractivity contribution in [3.05, 3.63) is 77.1 Å². The van der Waals surface area contributed by atoms with Crippen molar-refractivity contribution >= 4 is 22.6 Å². The number of fused-ring (bicyclic) bond motifs is 1. The van der Waals surface area contributed by atoms with E-state index in [-0.39, 0.29) is 11.7 Å². The summed E-state index contributed by atoms with van der Waals surface area (Å²) in [5, 5.41) is 0.352. The first-order valence-electron chi connectivity index (χ1n) is 11.2. The van der Waals surface area contributed by atoms with Crippen molar-refractivity contribution in [2.24, 2.45) is 11.7 Å². The van der Waals surface area contributed by atoms with E-state index in [0.717, 1.165) is 23.4 Å². The zero-order valence-electron chi connectivity index (χ0n) is 18.3. The number of aromatic nitrogens is 2. The molecule has 34 heavy (non-hydrogen) atoms. The minimum atomic E-state index is -2.93. The predicted molar refractivity (Wildman–Crippen MR) is 129 cm³/mol. The number of para-hydroxylation sites is 1. The Hall–Kier alpha value is -3.16. The van der Waals surface area contributed by atoms with E-state index in [1.54, 1.807) is 24.3 Å². The van der Waals surface area contributed by atoms with Gasteiger partial charge in [-0.3, -0.25) is 0 Å². The first-order valence-corrected chi connectivity index (χ1v) is 11.6. The second kappa shape index (κ2) is 9.60. The summed E-state index contributed by atoms with van der Waals surface area (Å²) in [5.74, 6) is 2.10. The van der Waals surface area contributed by atoms with Gasteiger partial charge in [0.2, 0.25) is 0 Å². The van der Waals surface area contributed by atoms with E-state index in [1.807, 2.05) is 30.3 Å². The molecule has 1 fully saturated rings. The van der Waals surface area contributed by atoms with E-state index < -0.39 is 6.61 Å². The maximum atomic E-state index is 12.9. The number of hydrogen-bond acceptors (Lipinski definition) is 4. The summed E-state index contributed by atoms with van der Waals surface area (Å²) in [6, 6.07) is 18.0. The van der Waals surface area contributed by atoms with Crippen molar-refractivity contribution in [3.63, 3.8) is 0 Å². The van der Waals surface area contributed by atoms with Crippen LogP contribution in [0.4, 0.5) is 8.78 Å². The van der Waals surface area contributed by atoms with Crippen LogP contribution in [0.3, 0.4) is 0 Å². The summed E-state index contributed by atoms with van der Waals surface area (Å²) in [4.78, 5) is 8.06. The first-order chi connectivity index (χ1) is 16.5. The summed E-state index contributed by atoms with van der Waals surface area (Å²) in [6.07, 6.45) is 2.49. The fraction of sp³-hybridized carbons (Fsp3) is 0.269. The lowest BCUT2D eigenvalue weighted by Crippen LogP contribution is -2.15. The summed E-state index contributed by atoms with van der Waals surface area (Å²) < 4.78 is 36.3. The van der Waals surface area contributed by atoms with Crippen molar-refractivity contribution in [1.29, 1.82) is 0 Å². The number of H-pyrrole nitrogens is 1. The number of benzene rings is 3. The molecular weight excluding hydrogens is 460 g/mol. The first kappa shape index (κ1) is 22.6. The Balaban J connectivity index is 1.45. The van der Waals surface area contributed by atoms with E-state index in [2.05, 4.69) is 9.72 Å². The minimum absolute atomic E-state index is 0.0540. The number of nitrogens with zero attached hydrogens (tertiary/aromatic N) is 1. The molecule has 8 heteroatoms. The second-order valence-corrected chi connectivity index (χ2v) is 8.81. The monoisotopic (exact) mass is 483 g/mol. The van der Waals surface area contributed by atoms with E-state index in [1.165, 1.54) is 18.9 Å². The lowest BCUT2D eigenvalue weighted by molar-refractivity contribution is -0.0494. The number of hydrogen-bond donors (Lipinski definition) is 2. The summed E-state index contributed by atoms with van der Waals surface area (Å²) in [7, 11) is 0. The Bertz CT molecular complexity index is 1290. The molecule has 1 unspecified atom stereocenters. The molecule has 1 aromatic heterocycles. The van der Waals surface area contributed by atoms with Gasteiger partial charge in [-0.1, -0.05) is 48.0 Å². The molecule has 176 valence electrons. The number of imidazole rings is 1. The molecule has 5 nitrogen and oxygen atoms in total. The van der Waals surface area contributed by atoms with E-state index in [0.29, 0.717) is 40.0 Å². The van der Waals surface area contributed by atoms with Gasteiger partial charge in [-0.25, -0.2) is 4.98 Å². The van der Waals surface area contributed by atoms with E-state index in [4.69, 9.17) is 27.1 Å². The molecule has 0 saturated heterocycles. The quantitative estimate of drug-likeness (QED) is 0.290. The van der Waals surface area contributed by atoms with E-state index in [9.17, 15) is 8.78 Å². The fourth-order valence-corrected chi connectivity index (χ4v) is 4.33. The molecule has 0 spiro atoms. The maximum absolute atomic E-state index is 12.9. The van der Waals surface area contributed by atoms with Gasteiger partial charge in [-0.15, -0.1) is 0 Å². The summed E-state index contributed by atoms with van der Waals surface area (Å²) in [6.45, 7) is -1.83. The Labute approximate surface area is 200 Å². The summed E-state index contributed by atoms with van der Waals surface area (Å²) in [5.41, 5.74) is 9.43. The lowest BCUT2D eigenvalue weighted by atomic mass is 9.98. The topological polar surface area (TPSA) is 73.2 Å². The van der Waals surface area contributed by atoms with Gasteiger partial charge in [-0.2, -0.15) is 8.78 Å². The Morgan fingerprint density at radius 3 is 2.50 bits per heavy atom. The molecule has 0 radical (unpaired) electrons. The van der Waals surface area contributed by atoms with Crippen LogP contribution in [-0.2, 0) is 0 Å². The smallest absolute Gasteiger partial charge is 0.387 e. The van der Waals surface area contributed by atoms with Gasteiger partial charge in [0, 0.05) is 17.7 Å². The molecule has 1 heterocycles. The average Bonchev–Trinajstić information content (AvgIpc) is 3.57. The average molecular weight is 484 g/mol. The van der Waals surface area contributed by atoms with Gasteiger partial charge >= 0.3 is 6.61 Å². The number of nitrogens with one attached hydrogen (secondary N) is 1. The van der Waals surface area contributed by atoms with Crippen LogP contribution in [0.15, 0.2) is 60.7 Å². The third-order valence-corrected chi connectivity index (χ3v) is 6.42. The molecule has 3 N–H and O–H groups in total. The van der Waals surface area contributed by atoms with Crippen LogP contribution < -0.4 is 15.2 Å². The molecule has 0 amide bonds. The van der Waals surface area contributed by atoms with Crippen molar-refractivity contribution in [2.75, 3.05) is 13.2 Å². The SMILES string of the molecule is NCC(c1ccc(OCC2CC2)cc1)c1nc2c(Cl)c(-c3ccccc3OC(F)F)ccc2[nH]1. The normalized spacial score (nSPS) is 14.5. The van der Waals surface area contributed by atoms with Crippen molar-refractivity contribution < 1.29 is 18.3 Å². The van der Waals surface area contributed by atoms with Gasteiger partial charge < -0.3 is 20.2 Å². The van der Waals surface area contributed by atoms with Crippen LogP contribution in [0.25, 0.3) is 22.2 Å². The van der Waals surface area contributed by atoms with Gasteiger partial charge in [-0.05, 0) is 48.6 Å². The van der Waals surface area contributed by atoms with Gasteiger partial charge in [0.15, 0.2) is 0 Å². The van der Waals surface area contributed by atoms with Gasteiger partial charge in [0.25, 0.3) is 0 Å². The highest BCUT2D eigenvalue weighted by Crippen LogP contribution is 2.39. The van der Waals surface area contributed by atoms with Crippen molar-refractivity contribution in [3.8, 4) is 22.6 Å². The Kier molecular flexibility index (Phi) is 6.39. The highest BCUT2D eigenvalue weighted by molar-refractivity contribution is 6.37.